The van der Waals surface area contributed by atoms with Gasteiger partial charge in [-0.15, -0.1) is 5.10 Å². The van der Waals surface area contributed by atoms with Gasteiger partial charge in [-0.25, -0.2) is 0 Å². The molecule has 0 saturated heterocycles. The summed E-state index contributed by atoms with van der Waals surface area (Å²) in [4.78, 5) is 12.7. The molecule has 8 heteroatoms. The number of thioether (sulfide) groups is 1. The molecule has 29 heavy (non-hydrogen) atoms. The molecule has 1 atom stereocenters. The summed E-state index contributed by atoms with van der Waals surface area (Å²) in [6.07, 6.45) is 2.26. The van der Waals surface area contributed by atoms with Crippen LogP contribution in [0.5, 0.6) is 0 Å². The van der Waals surface area contributed by atoms with Crippen molar-refractivity contribution in [3.05, 3.63) is 64.2 Å². The Balaban J connectivity index is 1.43. The minimum absolute atomic E-state index is 0.0235. The zero-order chi connectivity index (χ0) is 20.4. The molecular formula is C21H22ClN5OS. The number of hydrogen-bond acceptors (Lipinski definition) is 5. The van der Waals surface area contributed by atoms with Gasteiger partial charge in [-0.3, -0.25) is 4.79 Å². The Hall–Kier alpha value is -2.38. The molecule has 1 aliphatic carbocycles. The van der Waals surface area contributed by atoms with Crippen molar-refractivity contribution in [3.8, 4) is 5.69 Å². The van der Waals surface area contributed by atoms with Crippen LogP contribution in [0.2, 0.25) is 5.02 Å². The summed E-state index contributed by atoms with van der Waals surface area (Å²) in [7, 11) is 0. The minimum Gasteiger partial charge on any atom is -0.348 e. The molecule has 1 heterocycles. The van der Waals surface area contributed by atoms with E-state index in [2.05, 4.69) is 26.9 Å². The lowest BCUT2D eigenvalue weighted by Crippen LogP contribution is -2.31. The fourth-order valence-electron chi connectivity index (χ4n) is 3.29. The van der Waals surface area contributed by atoms with E-state index in [1.807, 2.05) is 50.2 Å². The molecule has 0 bridgehead atoms. The molecular weight excluding hydrogens is 406 g/mol. The van der Waals surface area contributed by atoms with Gasteiger partial charge in [0.25, 0.3) is 0 Å². The Morgan fingerprint density at radius 3 is 2.72 bits per heavy atom. The Kier molecular flexibility index (Phi) is 5.87. The lowest BCUT2D eigenvalue weighted by atomic mass is 10.0. The molecule has 1 saturated carbocycles. The summed E-state index contributed by atoms with van der Waals surface area (Å²) in [6.45, 7) is 4.05. The molecule has 2 aromatic carbocycles. The molecule has 1 aromatic heterocycles. The lowest BCUT2D eigenvalue weighted by molar-refractivity contribution is -0.119. The third-order valence-electron chi connectivity index (χ3n) is 5.01. The topological polar surface area (TPSA) is 72.7 Å². The SMILES string of the molecule is Cc1ccc(C)c(-n2nnnc2SCC(=O)N[C@H](c2ccc(Cl)cc2)C2CC2)c1. The van der Waals surface area contributed by atoms with Crippen LogP contribution in [0.3, 0.4) is 0 Å². The maximum Gasteiger partial charge on any atom is 0.230 e. The van der Waals surface area contributed by atoms with Gasteiger partial charge in [0.2, 0.25) is 11.1 Å². The van der Waals surface area contributed by atoms with Crippen LogP contribution >= 0.6 is 23.4 Å². The predicted molar refractivity (Wildman–Crippen MR) is 114 cm³/mol. The second kappa shape index (κ2) is 8.55. The predicted octanol–water partition coefficient (Wildman–Crippen LogP) is 4.29. The van der Waals surface area contributed by atoms with E-state index in [1.165, 1.54) is 11.8 Å². The molecule has 150 valence electrons. The van der Waals surface area contributed by atoms with Crippen LogP contribution in [0.1, 0.15) is 35.6 Å². The Morgan fingerprint density at radius 2 is 2.00 bits per heavy atom. The van der Waals surface area contributed by atoms with Crippen molar-refractivity contribution in [2.24, 2.45) is 5.92 Å². The number of halogens is 1. The summed E-state index contributed by atoms with van der Waals surface area (Å²) in [5.41, 5.74) is 4.22. The van der Waals surface area contributed by atoms with E-state index in [0.29, 0.717) is 16.1 Å². The molecule has 3 aromatic rings. The van der Waals surface area contributed by atoms with Crippen molar-refractivity contribution < 1.29 is 4.79 Å². The van der Waals surface area contributed by atoms with Crippen molar-refractivity contribution in [1.29, 1.82) is 0 Å². The van der Waals surface area contributed by atoms with Crippen molar-refractivity contribution in [2.75, 3.05) is 5.75 Å². The highest BCUT2D eigenvalue weighted by atomic mass is 35.5. The number of amides is 1. The van der Waals surface area contributed by atoms with E-state index in [0.717, 1.165) is 35.2 Å². The maximum absolute atomic E-state index is 12.7. The molecule has 0 aliphatic heterocycles. The van der Waals surface area contributed by atoms with Gasteiger partial charge >= 0.3 is 0 Å². The first kappa shape index (κ1) is 19.9. The molecule has 1 fully saturated rings. The van der Waals surface area contributed by atoms with Crippen molar-refractivity contribution in [3.63, 3.8) is 0 Å². The third-order valence-corrected chi connectivity index (χ3v) is 6.18. The van der Waals surface area contributed by atoms with E-state index in [9.17, 15) is 4.79 Å². The smallest absolute Gasteiger partial charge is 0.230 e. The summed E-state index contributed by atoms with van der Waals surface area (Å²) >= 11 is 7.34. The maximum atomic E-state index is 12.7. The first-order valence-corrected chi connectivity index (χ1v) is 10.9. The molecule has 0 radical (unpaired) electrons. The molecule has 1 amide bonds. The molecule has 4 rings (SSSR count). The minimum atomic E-state index is -0.0302. The van der Waals surface area contributed by atoms with Gasteiger partial charge in [-0.2, -0.15) is 4.68 Å². The standard InChI is InChI=1S/C21H22ClN5OS/c1-13-3-4-14(2)18(11-13)27-21(24-25-26-27)29-12-19(28)23-20(15-5-6-15)16-7-9-17(22)10-8-16/h3-4,7-11,15,20H,5-6,12H2,1-2H3,(H,23,28)/t20-/m0/s1. The number of aromatic nitrogens is 4. The molecule has 1 N–H and O–H groups in total. The summed E-state index contributed by atoms with van der Waals surface area (Å²) < 4.78 is 1.69. The molecule has 6 nitrogen and oxygen atoms in total. The van der Waals surface area contributed by atoms with E-state index in [1.54, 1.807) is 4.68 Å². The largest absolute Gasteiger partial charge is 0.348 e. The first-order valence-electron chi connectivity index (χ1n) is 9.55. The lowest BCUT2D eigenvalue weighted by Gasteiger charge is -2.19. The van der Waals surface area contributed by atoms with Gasteiger partial charge < -0.3 is 5.32 Å². The summed E-state index contributed by atoms with van der Waals surface area (Å²) in [5.74, 6) is 0.713. The quantitative estimate of drug-likeness (QED) is 0.569. The zero-order valence-electron chi connectivity index (χ0n) is 16.3. The number of nitrogens with one attached hydrogen (secondary N) is 1. The molecule has 0 unspecified atom stereocenters. The second-order valence-electron chi connectivity index (χ2n) is 7.39. The Bertz CT molecular complexity index is 1020. The normalized spacial score (nSPS) is 14.6. The average Bonchev–Trinajstić information content (AvgIpc) is 3.44. The fourth-order valence-corrected chi connectivity index (χ4v) is 4.11. The van der Waals surface area contributed by atoms with E-state index >= 15 is 0 Å². The van der Waals surface area contributed by atoms with Gasteiger partial charge in [0.05, 0.1) is 17.5 Å². The Morgan fingerprint density at radius 1 is 1.24 bits per heavy atom. The fraction of sp³-hybridized carbons (Fsp3) is 0.333. The zero-order valence-corrected chi connectivity index (χ0v) is 17.9. The van der Waals surface area contributed by atoms with Crippen LogP contribution in [-0.2, 0) is 4.79 Å². The number of nitrogens with zero attached hydrogens (tertiary/aromatic N) is 4. The van der Waals surface area contributed by atoms with Gasteiger partial charge in [0, 0.05) is 5.02 Å². The molecule has 1 aliphatic rings. The highest BCUT2D eigenvalue weighted by Gasteiger charge is 2.33. The van der Waals surface area contributed by atoms with Gasteiger partial charge in [-0.1, -0.05) is 47.6 Å². The van der Waals surface area contributed by atoms with Crippen LogP contribution in [0, 0.1) is 19.8 Å². The van der Waals surface area contributed by atoms with Crippen LogP contribution in [-0.4, -0.2) is 31.9 Å². The van der Waals surface area contributed by atoms with Gasteiger partial charge in [0.1, 0.15) is 0 Å². The highest BCUT2D eigenvalue weighted by Crippen LogP contribution is 2.41. The monoisotopic (exact) mass is 427 g/mol. The highest BCUT2D eigenvalue weighted by molar-refractivity contribution is 7.99. The molecule has 0 spiro atoms. The van der Waals surface area contributed by atoms with Crippen LogP contribution in [0.15, 0.2) is 47.6 Å². The van der Waals surface area contributed by atoms with Crippen molar-refractivity contribution in [2.45, 2.75) is 37.9 Å². The second-order valence-corrected chi connectivity index (χ2v) is 8.76. The van der Waals surface area contributed by atoms with Crippen LogP contribution < -0.4 is 5.32 Å². The van der Waals surface area contributed by atoms with Gasteiger partial charge in [0.15, 0.2) is 0 Å². The first-order chi connectivity index (χ1) is 14.0. The number of aryl methyl sites for hydroxylation is 2. The Labute approximate surface area is 179 Å². The number of hydrogen-bond donors (Lipinski definition) is 1. The van der Waals surface area contributed by atoms with E-state index in [4.69, 9.17) is 11.6 Å². The van der Waals surface area contributed by atoms with Crippen molar-refractivity contribution in [1.82, 2.24) is 25.5 Å². The summed E-state index contributed by atoms with van der Waals surface area (Å²) in [6, 6.07) is 13.9. The number of rotatable bonds is 7. The summed E-state index contributed by atoms with van der Waals surface area (Å²) in [5, 5.41) is 16.5. The van der Waals surface area contributed by atoms with Crippen molar-refractivity contribution >= 4 is 29.3 Å². The number of carbonyl (C=O) groups is 1. The number of tetrazole rings is 1. The number of benzene rings is 2. The third kappa shape index (κ3) is 4.79. The van der Waals surface area contributed by atoms with E-state index in [-0.39, 0.29) is 17.7 Å². The van der Waals surface area contributed by atoms with E-state index < -0.39 is 0 Å². The van der Waals surface area contributed by atoms with Gasteiger partial charge in [-0.05, 0) is 77.9 Å². The number of carbonyl (C=O) groups excluding carboxylic acids is 1. The average molecular weight is 428 g/mol. The van der Waals surface area contributed by atoms with Crippen LogP contribution in [0.25, 0.3) is 5.69 Å². The van der Waals surface area contributed by atoms with Crippen LogP contribution in [0.4, 0.5) is 0 Å².